The van der Waals surface area contributed by atoms with Gasteiger partial charge in [-0.1, -0.05) is 13.8 Å². The number of rotatable bonds is 7. The minimum absolute atomic E-state index is 0.156. The van der Waals surface area contributed by atoms with Crippen molar-refractivity contribution in [2.24, 2.45) is 0 Å². The third kappa shape index (κ3) is 5.37. The Kier molecular flexibility index (Phi) is 6.70. The number of carbonyl (C=O) groups is 2. The summed E-state index contributed by atoms with van der Waals surface area (Å²) in [6, 6.07) is -1.13. The molecule has 5 nitrogen and oxygen atoms in total. The van der Waals surface area contributed by atoms with E-state index in [9.17, 15) is 9.59 Å². The van der Waals surface area contributed by atoms with Gasteiger partial charge in [0.25, 0.3) is 0 Å². The van der Waals surface area contributed by atoms with E-state index in [2.05, 4.69) is 10.6 Å². The van der Waals surface area contributed by atoms with Crippen LogP contribution in [0.3, 0.4) is 0 Å². The number of hydrogen-bond donors (Lipinski definition) is 3. The van der Waals surface area contributed by atoms with Gasteiger partial charge in [0, 0.05) is 6.54 Å². The van der Waals surface area contributed by atoms with Crippen molar-refractivity contribution in [1.29, 1.82) is 0 Å². The van der Waals surface area contributed by atoms with Crippen molar-refractivity contribution in [1.82, 2.24) is 10.6 Å². The Balaban J connectivity index is 4.04. The summed E-state index contributed by atoms with van der Waals surface area (Å²) in [7, 11) is 0. The van der Waals surface area contributed by atoms with Crippen LogP contribution < -0.4 is 10.6 Å². The second kappa shape index (κ2) is 7.23. The van der Waals surface area contributed by atoms with E-state index in [1.165, 1.54) is 0 Å². The number of carboxylic acid groups (broad SMARTS) is 1. The molecule has 0 spiro atoms. The average Bonchev–Trinajstić information content (AvgIpc) is 2.21. The van der Waals surface area contributed by atoms with Gasteiger partial charge >= 0.3 is 5.97 Å². The molecule has 0 aromatic heterocycles. The van der Waals surface area contributed by atoms with Crippen LogP contribution in [0.5, 0.6) is 0 Å². The van der Waals surface area contributed by atoms with Crippen LogP contribution in [-0.2, 0) is 9.59 Å². The van der Waals surface area contributed by atoms with Crippen LogP contribution in [-0.4, -0.2) is 35.6 Å². The summed E-state index contributed by atoms with van der Waals surface area (Å²) in [5.41, 5.74) is 0. The summed E-state index contributed by atoms with van der Waals surface area (Å²) >= 11 is 0. The molecule has 0 aromatic carbocycles. The van der Waals surface area contributed by atoms with E-state index in [0.717, 1.165) is 6.42 Å². The molecule has 5 heteroatoms. The number of carboxylic acids is 1. The van der Waals surface area contributed by atoms with E-state index in [4.69, 9.17) is 5.11 Å². The number of hydrogen-bond acceptors (Lipinski definition) is 3. The van der Waals surface area contributed by atoms with Gasteiger partial charge in [0.1, 0.15) is 6.04 Å². The number of amides is 1. The molecule has 0 saturated carbocycles. The first-order chi connectivity index (χ1) is 7.02. The SMILES string of the molecule is CCCNC(=O)C(C)NC(CC)C(=O)O. The fraction of sp³-hybridized carbons (Fsp3) is 0.800. The Bertz CT molecular complexity index is 219. The quantitative estimate of drug-likeness (QED) is 0.574. The highest BCUT2D eigenvalue weighted by molar-refractivity contribution is 5.82. The zero-order valence-corrected chi connectivity index (χ0v) is 9.54. The van der Waals surface area contributed by atoms with Crippen molar-refractivity contribution in [3.63, 3.8) is 0 Å². The van der Waals surface area contributed by atoms with Gasteiger partial charge in [-0.2, -0.15) is 0 Å². The molecule has 0 radical (unpaired) electrons. The molecule has 0 aliphatic carbocycles. The highest BCUT2D eigenvalue weighted by Gasteiger charge is 2.20. The maximum absolute atomic E-state index is 11.4. The summed E-state index contributed by atoms with van der Waals surface area (Å²) < 4.78 is 0. The predicted octanol–water partition coefficient (Wildman–Crippen LogP) is 0.354. The molecule has 0 aliphatic heterocycles. The van der Waals surface area contributed by atoms with Crippen LogP contribution in [0.15, 0.2) is 0 Å². The van der Waals surface area contributed by atoms with E-state index in [-0.39, 0.29) is 5.91 Å². The molecule has 3 N–H and O–H groups in total. The molecule has 0 aliphatic rings. The maximum Gasteiger partial charge on any atom is 0.320 e. The summed E-state index contributed by atoms with van der Waals surface area (Å²) in [6.45, 7) is 6.01. The van der Waals surface area contributed by atoms with Crippen molar-refractivity contribution >= 4 is 11.9 Å². The first-order valence-corrected chi connectivity index (χ1v) is 5.29. The number of aliphatic carboxylic acids is 1. The topological polar surface area (TPSA) is 78.4 Å². The summed E-state index contributed by atoms with van der Waals surface area (Å²) in [5.74, 6) is -1.08. The molecule has 0 fully saturated rings. The molecule has 2 unspecified atom stereocenters. The van der Waals surface area contributed by atoms with Crippen LogP contribution in [0.25, 0.3) is 0 Å². The molecular weight excluding hydrogens is 196 g/mol. The van der Waals surface area contributed by atoms with Crippen molar-refractivity contribution in [3.8, 4) is 0 Å². The van der Waals surface area contributed by atoms with Crippen LogP contribution in [0.4, 0.5) is 0 Å². The number of nitrogens with one attached hydrogen (secondary N) is 2. The molecule has 0 rings (SSSR count). The van der Waals surface area contributed by atoms with E-state index in [1.54, 1.807) is 13.8 Å². The molecule has 0 heterocycles. The van der Waals surface area contributed by atoms with Crippen molar-refractivity contribution in [2.45, 2.75) is 45.7 Å². The minimum Gasteiger partial charge on any atom is -0.480 e. The van der Waals surface area contributed by atoms with E-state index >= 15 is 0 Å². The Morgan fingerprint density at radius 3 is 2.33 bits per heavy atom. The zero-order chi connectivity index (χ0) is 11.8. The lowest BCUT2D eigenvalue weighted by molar-refractivity contribution is -0.140. The average molecular weight is 216 g/mol. The van der Waals surface area contributed by atoms with E-state index < -0.39 is 18.1 Å². The molecular formula is C10H20N2O3. The summed E-state index contributed by atoms with van der Waals surface area (Å²) in [4.78, 5) is 22.1. The third-order valence-electron chi connectivity index (χ3n) is 2.10. The maximum atomic E-state index is 11.4. The standard InChI is InChI=1S/C10H20N2O3/c1-4-6-11-9(13)7(3)12-8(5-2)10(14)15/h7-8,12H,4-6H2,1-3H3,(H,11,13)(H,14,15). The third-order valence-corrected chi connectivity index (χ3v) is 2.10. The lowest BCUT2D eigenvalue weighted by atomic mass is 10.2. The lowest BCUT2D eigenvalue weighted by Gasteiger charge is -2.18. The molecule has 88 valence electrons. The van der Waals surface area contributed by atoms with E-state index in [1.807, 2.05) is 6.92 Å². The van der Waals surface area contributed by atoms with Crippen molar-refractivity contribution < 1.29 is 14.7 Å². The Labute approximate surface area is 90.2 Å². The van der Waals surface area contributed by atoms with Gasteiger partial charge in [-0.25, -0.2) is 0 Å². The highest BCUT2D eigenvalue weighted by atomic mass is 16.4. The van der Waals surface area contributed by atoms with Crippen LogP contribution >= 0.6 is 0 Å². The largest absolute Gasteiger partial charge is 0.480 e. The van der Waals surface area contributed by atoms with Gasteiger partial charge in [0.2, 0.25) is 5.91 Å². The molecule has 0 aromatic rings. The van der Waals surface area contributed by atoms with Crippen molar-refractivity contribution in [2.75, 3.05) is 6.54 Å². The zero-order valence-electron chi connectivity index (χ0n) is 9.54. The van der Waals surface area contributed by atoms with Crippen molar-refractivity contribution in [3.05, 3.63) is 0 Å². The smallest absolute Gasteiger partial charge is 0.320 e. The van der Waals surface area contributed by atoms with E-state index in [0.29, 0.717) is 13.0 Å². The fourth-order valence-corrected chi connectivity index (χ4v) is 1.14. The first-order valence-electron chi connectivity index (χ1n) is 5.29. The van der Waals surface area contributed by atoms with Gasteiger partial charge < -0.3 is 10.4 Å². The first kappa shape index (κ1) is 13.9. The van der Waals surface area contributed by atoms with Gasteiger partial charge in [0.15, 0.2) is 0 Å². The molecule has 0 saturated heterocycles. The second-order valence-corrected chi connectivity index (χ2v) is 3.48. The highest BCUT2D eigenvalue weighted by Crippen LogP contribution is 1.94. The second-order valence-electron chi connectivity index (χ2n) is 3.48. The molecule has 2 atom stereocenters. The Hall–Kier alpha value is -1.10. The molecule has 0 bridgehead atoms. The summed E-state index contributed by atoms with van der Waals surface area (Å²) in [6.07, 6.45) is 1.33. The van der Waals surface area contributed by atoms with Gasteiger partial charge in [-0.05, 0) is 19.8 Å². The molecule has 15 heavy (non-hydrogen) atoms. The summed E-state index contributed by atoms with van der Waals surface area (Å²) in [5, 5.41) is 14.3. The van der Waals surface area contributed by atoms with Crippen LogP contribution in [0.1, 0.15) is 33.6 Å². The van der Waals surface area contributed by atoms with Gasteiger partial charge in [0.05, 0.1) is 6.04 Å². The Morgan fingerprint density at radius 2 is 1.93 bits per heavy atom. The predicted molar refractivity (Wildman–Crippen MR) is 57.6 cm³/mol. The lowest BCUT2D eigenvalue weighted by Crippen LogP contribution is -2.49. The number of carbonyl (C=O) groups excluding carboxylic acids is 1. The van der Waals surface area contributed by atoms with Gasteiger partial charge in [-0.15, -0.1) is 0 Å². The molecule has 1 amide bonds. The van der Waals surface area contributed by atoms with Crippen LogP contribution in [0.2, 0.25) is 0 Å². The Morgan fingerprint density at radius 1 is 1.33 bits per heavy atom. The normalized spacial score (nSPS) is 14.3. The van der Waals surface area contributed by atoms with Gasteiger partial charge in [-0.3, -0.25) is 14.9 Å². The minimum atomic E-state index is -0.923. The van der Waals surface area contributed by atoms with Crippen LogP contribution in [0, 0.1) is 0 Å². The monoisotopic (exact) mass is 216 g/mol. The fourth-order valence-electron chi connectivity index (χ4n) is 1.14.